The second-order valence-electron chi connectivity index (χ2n) is 3.81. The van der Waals surface area contributed by atoms with Crippen LogP contribution in [0.1, 0.15) is 32.6 Å². The van der Waals surface area contributed by atoms with E-state index in [1.54, 1.807) is 0 Å². The third-order valence-electron chi connectivity index (χ3n) is 2.14. The minimum Gasteiger partial charge on any atom is -0.481 e. The van der Waals surface area contributed by atoms with Crippen LogP contribution in [0.4, 0.5) is 0 Å². The zero-order chi connectivity index (χ0) is 13.1. The van der Waals surface area contributed by atoms with Crippen LogP contribution in [0.5, 0.6) is 0 Å². The highest BCUT2D eigenvalue weighted by atomic mass is 16.5. The molecule has 0 aromatic heterocycles. The molecule has 1 amide bonds. The summed E-state index contributed by atoms with van der Waals surface area (Å²) in [5.74, 6) is -1.50. The Balaban J connectivity index is 3.41. The van der Waals surface area contributed by atoms with Crippen LogP contribution in [0.2, 0.25) is 0 Å². The monoisotopic (exact) mass is 246 g/mol. The van der Waals surface area contributed by atoms with Crippen molar-refractivity contribution >= 4 is 11.9 Å². The van der Waals surface area contributed by atoms with Crippen LogP contribution in [0.15, 0.2) is 0 Å². The summed E-state index contributed by atoms with van der Waals surface area (Å²) in [4.78, 5) is 21.6. The number of ether oxygens (including phenoxy) is 1. The molecule has 6 nitrogen and oxygen atoms in total. The number of hydrogen-bond acceptors (Lipinski definition) is 4. The van der Waals surface area contributed by atoms with E-state index >= 15 is 0 Å². The Labute approximate surface area is 102 Å². The smallest absolute Gasteiger partial charge is 0.305 e. The Morgan fingerprint density at radius 2 is 2.00 bits per heavy atom. The van der Waals surface area contributed by atoms with Crippen molar-refractivity contribution in [2.45, 2.75) is 38.6 Å². The number of amides is 1. The minimum atomic E-state index is -1.07. The van der Waals surface area contributed by atoms with E-state index in [0.717, 1.165) is 19.4 Å². The summed E-state index contributed by atoms with van der Waals surface area (Å²) in [7, 11) is 0. The fourth-order valence-electron chi connectivity index (χ4n) is 1.15. The predicted molar refractivity (Wildman–Crippen MR) is 63.6 cm³/mol. The third-order valence-corrected chi connectivity index (χ3v) is 2.14. The number of hydrogen-bond donors (Lipinski definition) is 3. The fraction of sp³-hybridized carbons (Fsp3) is 0.818. The van der Waals surface area contributed by atoms with Crippen molar-refractivity contribution in [3.05, 3.63) is 0 Å². The van der Waals surface area contributed by atoms with Crippen LogP contribution in [0.25, 0.3) is 0 Å². The molecule has 6 heteroatoms. The molecule has 0 spiro atoms. The molecule has 17 heavy (non-hydrogen) atoms. The molecule has 0 fully saturated rings. The highest BCUT2D eigenvalue weighted by molar-refractivity contribution is 5.85. The highest BCUT2D eigenvalue weighted by Gasteiger charge is 2.15. The van der Waals surface area contributed by atoms with E-state index in [0.29, 0.717) is 19.6 Å². The number of carboxylic acids is 1. The number of carbonyl (C=O) groups excluding carboxylic acids is 1. The second-order valence-corrected chi connectivity index (χ2v) is 3.81. The molecule has 1 atom stereocenters. The van der Waals surface area contributed by atoms with Gasteiger partial charge >= 0.3 is 5.97 Å². The van der Waals surface area contributed by atoms with Gasteiger partial charge in [-0.1, -0.05) is 13.3 Å². The lowest BCUT2D eigenvalue weighted by Crippen LogP contribution is -2.42. The summed E-state index contributed by atoms with van der Waals surface area (Å²) in [6, 6.07) is -0.978. The first-order valence-electron chi connectivity index (χ1n) is 5.90. The number of carboxylic acid groups (broad SMARTS) is 1. The lowest BCUT2D eigenvalue weighted by atomic mass is 10.2. The van der Waals surface area contributed by atoms with Gasteiger partial charge in [0.05, 0.1) is 12.5 Å². The van der Waals surface area contributed by atoms with Crippen molar-refractivity contribution in [3.8, 4) is 0 Å². The Morgan fingerprint density at radius 1 is 1.35 bits per heavy atom. The topological polar surface area (TPSA) is 102 Å². The maximum absolute atomic E-state index is 11.3. The molecule has 0 rings (SSSR count). The molecule has 100 valence electrons. The van der Waals surface area contributed by atoms with E-state index in [1.807, 2.05) is 0 Å². The molecule has 0 saturated carbocycles. The number of aliphatic carboxylic acids is 1. The predicted octanol–water partition coefficient (Wildman–Crippen LogP) is 0.111. The maximum Gasteiger partial charge on any atom is 0.305 e. The van der Waals surface area contributed by atoms with Crippen LogP contribution in [0.3, 0.4) is 0 Å². The fourth-order valence-corrected chi connectivity index (χ4v) is 1.15. The Bertz CT molecular complexity index is 234. The number of rotatable bonds is 10. The summed E-state index contributed by atoms with van der Waals surface area (Å²) in [5.41, 5.74) is 5.37. The Kier molecular flexibility index (Phi) is 9.37. The van der Waals surface area contributed by atoms with Gasteiger partial charge in [0.25, 0.3) is 0 Å². The van der Waals surface area contributed by atoms with Gasteiger partial charge < -0.3 is 20.9 Å². The van der Waals surface area contributed by atoms with Crippen molar-refractivity contribution in [1.29, 1.82) is 0 Å². The summed E-state index contributed by atoms with van der Waals surface area (Å²) < 4.78 is 5.30. The van der Waals surface area contributed by atoms with Crippen molar-refractivity contribution in [3.63, 3.8) is 0 Å². The highest BCUT2D eigenvalue weighted by Crippen LogP contribution is 1.91. The molecule has 0 aliphatic carbocycles. The quantitative estimate of drug-likeness (QED) is 0.475. The molecule has 0 bridgehead atoms. The number of nitrogens with two attached hydrogens (primary N) is 1. The molecule has 0 aromatic carbocycles. The van der Waals surface area contributed by atoms with Gasteiger partial charge in [-0.15, -0.1) is 0 Å². The molecule has 4 N–H and O–H groups in total. The molecule has 0 aliphatic rings. The standard InChI is InChI=1S/C11H22N2O4/c1-2-3-6-17-7-4-5-13-11(16)9(12)8-10(14)15/h9H,2-8,12H2,1H3,(H,13,16)(H,14,15). The van der Waals surface area contributed by atoms with Gasteiger partial charge in [0.2, 0.25) is 5.91 Å². The average molecular weight is 246 g/mol. The van der Waals surface area contributed by atoms with Gasteiger partial charge in [0.15, 0.2) is 0 Å². The molecule has 0 radical (unpaired) electrons. The zero-order valence-corrected chi connectivity index (χ0v) is 10.3. The first-order chi connectivity index (χ1) is 8.07. The lowest BCUT2D eigenvalue weighted by molar-refractivity contribution is -0.139. The summed E-state index contributed by atoms with van der Waals surface area (Å²) in [6.07, 6.45) is 2.49. The molecule has 1 unspecified atom stereocenters. The Hall–Kier alpha value is -1.14. The van der Waals surface area contributed by atoms with Gasteiger partial charge in [-0.2, -0.15) is 0 Å². The van der Waals surface area contributed by atoms with Gasteiger partial charge in [-0.3, -0.25) is 9.59 Å². The van der Waals surface area contributed by atoms with E-state index in [2.05, 4.69) is 12.2 Å². The van der Waals surface area contributed by atoms with Crippen LogP contribution in [-0.4, -0.2) is 42.8 Å². The first kappa shape index (κ1) is 15.9. The Morgan fingerprint density at radius 3 is 2.59 bits per heavy atom. The van der Waals surface area contributed by atoms with E-state index in [4.69, 9.17) is 15.6 Å². The van der Waals surface area contributed by atoms with Crippen molar-refractivity contribution in [2.75, 3.05) is 19.8 Å². The zero-order valence-electron chi connectivity index (χ0n) is 10.3. The van der Waals surface area contributed by atoms with Gasteiger partial charge in [0, 0.05) is 19.8 Å². The van der Waals surface area contributed by atoms with Crippen molar-refractivity contribution in [1.82, 2.24) is 5.32 Å². The van der Waals surface area contributed by atoms with Gasteiger partial charge in [-0.25, -0.2) is 0 Å². The molecular formula is C11H22N2O4. The molecule has 0 aromatic rings. The average Bonchev–Trinajstić information content (AvgIpc) is 2.26. The van der Waals surface area contributed by atoms with E-state index < -0.39 is 17.9 Å². The SMILES string of the molecule is CCCCOCCCNC(=O)C(N)CC(=O)O. The molecule has 0 aliphatic heterocycles. The van der Waals surface area contributed by atoms with E-state index in [-0.39, 0.29) is 6.42 Å². The molecule has 0 saturated heterocycles. The molecular weight excluding hydrogens is 224 g/mol. The summed E-state index contributed by atoms with van der Waals surface area (Å²) in [6.45, 7) is 3.88. The van der Waals surface area contributed by atoms with Gasteiger partial charge in [0.1, 0.15) is 0 Å². The van der Waals surface area contributed by atoms with E-state index in [9.17, 15) is 9.59 Å². The van der Waals surface area contributed by atoms with Crippen molar-refractivity contribution in [2.24, 2.45) is 5.73 Å². The largest absolute Gasteiger partial charge is 0.481 e. The van der Waals surface area contributed by atoms with Crippen molar-refractivity contribution < 1.29 is 19.4 Å². The summed E-state index contributed by atoms with van der Waals surface area (Å²) in [5, 5.41) is 11.0. The lowest BCUT2D eigenvalue weighted by Gasteiger charge is -2.10. The minimum absolute atomic E-state index is 0.348. The van der Waals surface area contributed by atoms with Crippen LogP contribution < -0.4 is 11.1 Å². The normalized spacial score (nSPS) is 12.1. The first-order valence-corrected chi connectivity index (χ1v) is 5.90. The number of carbonyl (C=O) groups is 2. The number of nitrogens with one attached hydrogen (secondary N) is 1. The van der Waals surface area contributed by atoms with Crippen LogP contribution >= 0.6 is 0 Å². The third kappa shape index (κ3) is 9.77. The number of unbranched alkanes of at least 4 members (excludes halogenated alkanes) is 1. The van der Waals surface area contributed by atoms with Crippen LogP contribution in [-0.2, 0) is 14.3 Å². The maximum atomic E-state index is 11.3. The second kappa shape index (κ2) is 10.0. The van der Waals surface area contributed by atoms with E-state index in [1.165, 1.54) is 0 Å². The molecule has 0 heterocycles. The summed E-state index contributed by atoms with van der Waals surface area (Å²) >= 11 is 0. The van der Waals surface area contributed by atoms with Crippen LogP contribution in [0, 0.1) is 0 Å². The van der Waals surface area contributed by atoms with Gasteiger partial charge in [-0.05, 0) is 12.8 Å².